The maximum Gasteiger partial charge on any atom is 0.421 e. The van der Waals surface area contributed by atoms with Gasteiger partial charge in [0.05, 0.1) is 17.7 Å². The molecule has 0 aliphatic carbocycles. The number of alkyl halides is 3. The van der Waals surface area contributed by atoms with Gasteiger partial charge in [-0.05, 0) is 62.4 Å². The molecule has 6 nitrogen and oxygen atoms in total. The second-order valence-corrected chi connectivity index (χ2v) is 7.34. The molecule has 1 heterocycles. The van der Waals surface area contributed by atoms with E-state index in [-0.39, 0.29) is 17.9 Å². The van der Waals surface area contributed by atoms with Crippen LogP contribution in [-0.2, 0) is 6.18 Å². The van der Waals surface area contributed by atoms with Crippen LogP contribution in [0.25, 0.3) is 0 Å². The van der Waals surface area contributed by atoms with E-state index in [1.165, 1.54) is 24.1 Å². The van der Waals surface area contributed by atoms with Crippen molar-refractivity contribution in [3.8, 4) is 11.8 Å². The molecule has 0 N–H and O–H groups in total. The molecule has 0 saturated carbocycles. The van der Waals surface area contributed by atoms with Gasteiger partial charge in [0.2, 0.25) is 5.95 Å². The first kappa shape index (κ1) is 22.9. The van der Waals surface area contributed by atoms with Crippen LogP contribution in [0.1, 0.15) is 25.0 Å². The summed E-state index contributed by atoms with van der Waals surface area (Å²) < 4.78 is 46.6. The van der Waals surface area contributed by atoms with Crippen molar-refractivity contribution in [2.45, 2.75) is 26.1 Å². The minimum absolute atomic E-state index is 0.0251. The van der Waals surface area contributed by atoms with E-state index >= 15 is 0 Å². The molecule has 0 aliphatic rings. The Morgan fingerprint density at radius 2 is 1.50 bits per heavy atom. The highest BCUT2D eigenvalue weighted by Crippen LogP contribution is 2.38. The van der Waals surface area contributed by atoms with Crippen molar-refractivity contribution < 1.29 is 17.9 Å². The molecule has 166 valence electrons. The lowest BCUT2D eigenvalue weighted by Crippen LogP contribution is -2.21. The maximum absolute atomic E-state index is 13.7. The minimum atomic E-state index is -4.64. The van der Waals surface area contributed by atoms with Gasteiger partial charge in [-0.3, -0.25) is 0 Å². The average molecular weight is 441 g/mol. The zero-order valence-corrected chi connectivity index (χ0v) is 18.1. The number of ether oxygens (including phenoxy) is 1. The van der Waals surface area contributed by atoms with E-state index < -0.39 is 11.7 Å². The molecule has 0 radical (unpaired) electrons. The van der Waals surface area contributed by atoms with Gasteiger partial charge < -0.3 is 14.5 Å². The van der Waals surface area contributed by atoms with Crippen molar-refractivity contribution in [1.29, 1.82) is 5.26 Å². The van der Waals surface area contributed by atoms with Gasteiger partial charge in [0, 0.05) is 31.7 Å². The fourth-order valence-corrected chi connectivity index (χ4v) is 3.00. The Morgan fingerprint density at radius 3 is 2.03 bits per heavy atom. The lowest BCUT2D eigenvalue weighted by atomic mass is 10.2. The molecule has 0 amide bonds. The molecule has 0 fully saturated rings. The predicted octanol–water partition coefficient (Wildman–Crippen LogP) is 5.69. The summed E-state index contributed by atoms with van der Waals surface area (Å²) >= 11 is 0. The number of benzene rings is 2. The Hall–Kier alpha value is -3.80. The summed E-state index contributed by atoms with van der Waals surface area (Å²) in [6.45, 7) is 3.84. The first-order valence-corrected chi connectivity index (χ1v) is 9.78. The summed E-state index contributed by atoms with van der Waals surface area (Å²) in [5, 5.41) is 8.95. The number of nitrogens with zero attached hydrogens (tertiary/aromatic N) is 5. The molecule has 0 bridgehead atoms. The van der Waals surface area contributed by atoms with Crippen LogP contribution in [0.4, 0.5) is 36.3 Å². The quantitative estimate of drug-likeness (QED) is 0.490. The van der Waals surface area contributed by atoms with Gasteiger partial charge >= 0.3 is 6.18 Å². The van der Waals surface area contributed by atoms with Crippen LogP contribution in [0, 0.1) is 11.3 Å². The first-order valence-electron chi connectivity index (χ1n) is 9.78. The third-order valence-electron chi connectivity index (χ3n) is 4.66. The fourth-order valence-electron chi connectivity index (χ4n) is 3.00. The summed E-state index contributed by atoms with van der Waals surface area (Å²) in [6.07, 6.45) is -3.83. The lowest BCUT2D eigenvalue weighted by molar-refractivity contribution is -0.137. The van der Waals surface area contributed by atoms with Crippen LogP contribution in [-0.4, -0.2) is 30.2 Å². The molecule has 1 aromatic heterocycles. The second kappa shape index (κ2) is 9.14. The molecule has 0 spiro atoms. The summed E-state index contributed by atoms with van der Waals surface area (Å²) in [5.74, 6) is 0.497. The van der Waals surface area contributed by atoms with E-state index in [4.69, 9.17) is 10.00 Å². The number of hydrogen-bond donors (Lipinski definition) is 0. The zero-order chi connectivity index (χ0) is 23.5. The van der Waals surface area contributed by atoms with Crippen molar-refractivity contribution in [1.82, 2.24) is 9.97 Å². The minimum Gasteiger partial charge on any atom is -0.491 e. The first-order chi connectivity index (χ1) is 15.1. The standard InChI is InChI=1S/C23H22F3N5O/c1-15(2)32-19-11-9-18(10-12-19)31(4)22-28-14-20(23(24,25)26)21(29-22)30(3)17-7-5-16(13-27)6-8-17/h5-12,14-15H,1-4H3. The van der Waals surface area contributed by atoms with Gasteiger partial charge in [0.15, 0.2) is 5.82 Å². The lowest BCUT2D eigenvalue weighted by Gasteiger charge is -2.25. The number of rotatable bonds is 6. The van der Waals surface area contributed by atoms with Crippen LogP contribution < -0.4 is 14.5 Å². The monoisotopic (exact) mass is 441 g/mol. The summed E-state index contributed by atoms with van der Waals surface area (Å²) in [6, 6.07) is 15.3. The highest BCUT2D eigenvalue weighted by atomic mass is 19.4. The van der Waals surface area contributed by atoms with Crippen LogP contribution in [0.5, 0.6) is 5.75 Å². The third kappa shape index (κ3) is 5.09. The molecule has 0 atom stereocenters. The van der Waals surface area contributed by atoms with E-state index in [0.717, 1.165) is 6.20 Å². The van der Waals surface area contributed by atoms with Crippen LogP contribution in [0.3, 0.4) is 0 Å². The normalized spacial score (nSPS) is 11.2. The van der Waals surface area contributed by atoms with E-state index in [1.54, 1.807) is 48.3 Å². The Balaban J connectivity index is 1.98. The van der Waals surface area contributed by atoms with Crippen LogP contribution in [0.15, 0.2) is 54.7 Å². The van der Waals surface area contributed by atoms with Crippen molar-refractivity contribution in [2.24, 2.45) is 0 Å². The number of anilines is 4. The topological polar surface area (TPSA) is 65.3 Å². The molecule has 0 aliphatic heterocycles. The predicted molar refractivity (Wildman–Crippen MR) is 117 cm³/mol. The molecule has 3 rings (SSSR count). The Morgan fingerprint density at radius 1 is 0.938 bits per heavy atom. The molecular formula is C23H22F3N5O. The van der Waals surface area contributed by atoms with Gasteiger partial charge in [0.25, 0.3) is 0 Å². The van der Waals surface area contributed by atoms with E-state index in [2.05, 4.69) is 9.97 Å². The van der Waals surface area contributed by atoms with E-state index in [0.29, 0.717) is 22.7 Å². The van der Waals surface area contributed by atoms with E-state index in [1.807, 2.05) is 19.9 Å². The molecule has 2 aromatic carbocycles. The van der Waals surface area contributed by atoms with Gasteiger partial charge in [0.1, 0.15) is 11.3 Å². The van der Waals surface area contributed by atoms with Crippen LogP contribution >= 0.6 is 0 Å². The SMILES string of the molecule is CC(C)Oc1ccc(N(C)c2ncc(C(F)(F)F)c(N(C)c3ccc(C#N)cc3)n2)cc1. The largest absolute Gasteiger partial charge is 0.491 e. The molecule has 9 heteroatoms. The summed E-state index contributed by atoms with van der Waals surface area (Å²) in [5.41, 5.74) is 0.596. The van der Waals surface area contributed by atoms with E-state index in [9.17, 15) is 13.2 Å². The second-order valence-electron chi connectivity index (χ2n) is 7.34. The Bertz CT molecular complexity index is 1110. The summed E-state index contributed by atoms with van der Waals surface area (Å²) in [7, 11) is 3.16. The smallest absolute Gasteiger partial charge is 0.421 e. The number of halogens is 3. The van der Waals surface area contributed by atoms with Crippen molar-refractivity contribution in [3.63, 3.8) is 0 Å². The van der Waals surface area contributed by atoms with Gasteiger partial charge in [-0.25, -0.2) is 4.98 Å². The van der Waals surface area contributed by atoms with Crippen molar-refractivity contribution in [2.75, 3.05) is 23.9 Å². The Labute approximate surface area is 184 Å². The van der Waals surface area contributed by atoms with Crippen LogP contribution in [0.2, 0.25) is 0 Å². The third-order valence-corrected chi connectivity index (χ3v) is 4.66. The highest BCUT2D eigenvalue weighted by Gasteiger charge is 2.37. The molecule has 0 unspecified atom stereocenters. The molecule has 0 saturated heterocycles. The molecule has 32 heavy (non-hydrogen) atoms. The van der Waals surface area contributed by atoms with Gasteiger partial charge in [-0.2, -0.15) is 23.4 Å². The highest BCUT2D eigenvalue weighted by molar-refractivity contribution is 5.66. The Kier molecular flexibility index (Phi) is 6.53. The number of nitriles is 1. The maximum atomic E-state index is 13.7. The number of aromatic nitrogens is 2. The average Bonchev–Trinajstić information content (AvgIpc) is 2.77. The molecule has 3 aromatic rings. The fraction of sp³-hybridized carbons (Fsp3) is 0.261. The molecular weight excluding hydrogens is 419 g/mol. The van der Waals surface area contributed by atoms with Gasteiger partial charge in [-0.15, -0.1) is 0 Å². The van der Waals surface area contributed by atoms with Crippen molar-refractivity contribution in [3.05, 3.63) is 65.9 Å². The zero-order valence-electron chi connectivity index (χ0n) is 18.1. The number of hydrogen-bond acceptors (Lipinski definition) is 6. The summed E-state index contributed by atoms with van der Waals surface area (Å²) in [4.78, 5) is 11.1. The van der Waals surface area contributed by atoms with Gasteiger partial charge in [-0.1, -0.05) is 0 Å². The van der Waals surface area contributed by atoms with Crippen molar-refractivity contribution >= 4 is 23.1 Å².